The van der Waals surface area contributed by atoms with E-state index in [0.717, 1.165) is 18.5 Å². The Kier molecular flexibility index (Phi) is 5.74. The van der Waals surface area contributed by atoms with E-state index in [-0.39, 0.29) is 11.8 Å². The van der Waals surface area contributed by atoms with Crippen molar-refractivity contribution in [2.75, 3.05) is 25.9 Å². The number of methoxy groups -OCH3 is 1. The molecule has 0 atom stereocenters. The van der Waals surface area contributed by atoms with Crippen LogP contribution < -0.4 is 15.2 Å². The number of hydrogen-bond donors (Lipinski definition) is 1. The molecule has 0 saturated carbocycles. The molecule has 154 valence electrons. The van der Waals surface area contributed by atoms with Gasteiger partial charge in [-0.25, -0.2) is 4.98 Å². The van der Waals surface area contributed by atoms with Gasteiger partial charge in [0.2, 0.25) is 0 Å². The van der Waals surface area contributed by atoms with Gasteiger partial charge in [0, 0.05) is 25.1 Å². The first-order valence-corrected chi connectivity index (χ1v) is 9.79. The molecule has 2 aromatic heterocycles. The molecule has 8 heteroatoms. The van der Waals surface area contributed by atoms with Crippen LogP contribution in [0.25, 0.3) is 0 Å². The van der Waals surface area contributed by atoms with Gasteiger partial charge in [-0.05, 0) is 37.1 Å². The summed E-state index contributed by atoms with van der Waals surface area (Å²) in [4.78, 5) is 19.1. The van der Waals surface area contributed by atoms with Gasteiger partial charge in [0.15, 0.2) is 11.5 Å². The van der Waals surface area contributed by atoms with Crippen molar-refractivity contribution in [1.82, 2.24) is 20.1 Å². The number of hydrogen-bond acceptors (Lipinski definition) is 7. The minimum absolute atomic E-state index is 0.124. The molecule has 2 N–H and O–H groups in total. The monoisotopic (exact) mass is 405 g/mol. The molecule has 3 heterocycles. The first kappa shape index (κ1) is 19.6. The van der Waals surface area contributed by atoms with Crippen LogP contribution in [0.3, 0.4) is 0 Å². The molecular weight excluding hydrogens is 382 g/mol. The van der Waals surface area contributed by atoms with Crippen molar-refractivity contribution in [2.24, 2.45) is 0 Å². The van der Waals surface area contributed by atoms with Crippen LogP contribution >= 0.6 is 0 Å². The predicted molar refractivity (Wildman–Crippen MR) is 112 cm³/mol. The van der Waals surface area contributed by atoms with E-state index < -0.39 is 0 Å². The fourth-order valence-electron chi connectivity index (χ4n) is 3.50. The average Bonchev–Trinajstić information content (AvgIpc) is 2.80. The van der Waals surface area contributed by atoms with Gasteiger partial charge in [0.05, 0.1) is 19.0 Å². The number of carbonyl (C=O) groups is 1. The molecule has 3 aromatic rings. The molecule has 1 aliphatic rings. The second-order valence-corrected chi connectivity index (χ2v) is 7.09. The zero-order chi connectivity index (χ0) is 20.9. The molecule has 0 unspecified atom stereocenters. The molecule has 8 nitrogen and oxygen atoms in total. The standard InChI is InChI=1S/C22H23N5O3/c1-29-19-13-18(24-14-20(19)30-16-5-3-2-4-6-16)22(28)27-11-9-15(10-12-27)17-7-8-21(23)26-25-17/h2-8,13-15H,9-12H2,1H3,(H2,23,26). The number of nitrogen functional groups attached to an aromatic ring is 1. The van der Waals surface area contributed by atoms with Crippen LogP contribution in [0.15, 0.2) is 54.7 Å². The predicted octanol–water partition coefficient (Wildman–Crippen LogP) is 3.27. The van der Waals surface area contributed by atoms with Crippen LogP contribution in [0.4, 0.5) is 5.82 Å². The van der Waals surface area contributed by atoms with Gasteiger partial charge in [0.1, 0.15) is 17.3 Å². The molecule has 0 bridgehead atoms. The fraction of sp³-hybridized carbons (Fsp3) is 0.273. The second kappa shape index (κ2) is 8.77. The Hall–Kier alpha value is -3.68. The lowest BCUT2D eigenvalue weighted by molar-refractivity contribution is 0.0705. The summed E-state index contributed by atoms with van der Waals surface area (Å²) >= 11 is 0. The third-order valence-corrected chi connectivity index (χ3v) is 5.15. The first-order valence-electron chi connectivity index (χ1n) is 9.79. The quantitative estimate of drug-likeness (QED) is 0.695. The van der Waals surface area contributed by atoms with E-state index in [1.807, 2.05) is 36.4 Å². The van der Waals surface area contributed by atoms with Crippen molar-refractivity contribution in [1.29, 1.82) is 0 Å². The van der Waals surface area contributed by atoms with Gasteiger partial charge in [-0.3, -0.25) is 4.79 Å². The fourth-order valence-corrected chi connectivity index (χ4v) is 3.50. The summed E-state index contributed by atoms with van der Waals surface area (Å²) in [5.41, 5.74) is 6.85. The van der Waals surface area contributed by atoms with Crippen LogP contribution in [-0.4, -0.2) is 46.2 Å². The number of ether oxygens (including phenoxy) is 2. The SMILES string of the molecule is COc1cc(C(=O)N2CCC(c3ccc(N)nn3)CC2)ncc1Oc1ccccc1. The van der Waals surface area contributed by atoms with Gasteiger partial charge in [0.25, 0.3) is 5.91 Å². The van der Waals surface area contributed by atoms with Crippen LogP contribution in [0.2, 0.25) is 0 Å². The molecule has 0 aliphatic carbocycles. The third-order valence-electron chi connectivity index (χ3n) is 5.15. The van der Waals surface area contributed by atoms with Crippen molar-refractivity contribution in [2.45, 2.75) is 18.8 Å². The summed E-state index contributed by atoms with van der Waals surface area (Å²) in [5, 5.41) is 8.10. The highest BCUT2D eigenvalue weighted by molar-refractivity contribution is 5.93. The molecular formula is C22H23N5O3. The average molecular weight is 405 g/mol. The number of benzene rings is 1. The Labute approximate surface area is 174 Å². The molecule has 30 heavy (non-hydrogen) atoms. The minimum Gasteiger partial charge on any atom is -0.493 e. The number of nitrogens with zero attached hydrogens (tertiary/aromatic N) is 4. The normalized spacial score (nSPS) is 14.4. The Morgan fingerprint density at radius 2 is 1.83 bits per heavy atom. The summed E-state index contributed by atoms with van der Waals surface area (Å²) < 4.78 is 11.2. The number of aromatic nitrogens is 3. The number of para-hydroxylation sites is 1. The Morgan fingerprint density at radius 1 is 1.07 bits per heavy atom. The highest BCUT2D eigenvalue weighted by Crippen LogP contribution is 2.32. The number of carbonyl (C=O) groups excluding carboxylic acids is 1. The van der Waals surface area contributed by atoms with Crippen LogP contribution in [-0.2, 0) is 0 Å². The number of pyridine rings is 1. The number of anilines is 1. The van der Waals surface area contributed by atoms with Gasteiger partial charge in [-0.15, -0.1) is 5.10 Å². The highest BCUT2D eigenvalue weighted by atomic mass is 16.5. The Morgan fingerprint density at radius 3 is 2.50 bits per heavy atom. The zero-order valence-corrected chi connectivity index (χ0v) is 16.7. The third kappa shape index (κ3) is 4.32. The first-order chi connectivity index (χ1) is 14.6. The lowest BCUT2D eigenvalue weighted by Gasteiger charge is -2.31. The summed E-state index contributed by atoms with van der Waals surface area (Å²) in [5.74, 6) is 2.15. The van der Waals surface area contributed by atoms with E-state index in [1.54, 1.807) is 24.1 Å². The summed E-state index contributed by atoms with van der Waals surface area (Å²) in [6, 6.07) is 14.6. The van der Waals surface area contributed by atoms with E-state index in [2.05, 4.69) is 15.2 Å². The van der Waals surface area contributed by atoms with Crippen LogP contribution in [0.1, 0.15) is 34.9 Å². The molecule has 1 amide bonds. The largest absolute Gasteiger partial charge is 0.493 e. The number of piperidine rings is 1. The van der Waals surface area contributed by atoms with Crippen molar-refractivity contribution in [3.63, 3.8) is 0 Å². The molecule has 1 aromatic carbocycles. The molecule has 4 rings (SSSR count). The van der Waals surface area contributed by atoms with E-state index in [9.17, 15) is 4.79 Å². The van der Waals surface area contributed by atoms with Crippen LogP contribution in [0, 0.1) is 0 Å². The Bertz CT molecular complexity index is 1000. The lowest BCUT2D eigenvalue weighted by atomic mass is 9.93. The minimum atomic E-state index is -0.124. The number of amides is 1. The smallest absolute Gasteiger partial charge is 0.272 e. The van der Waals surface area contributed by atoms with E-state index in [4.69, 9.17) is 15.2 Å². The van der Waals surface area contributed by atoms with Crippen molar-refractivity contribution < 1.29 is 14.3 Å². The molecule has 1 saturated heterocycles. The number of rotatable bonds is 5. The number of likely N-dealkylation sites (tertiary alicyclic amines) is 1. The van der Waals surface area contributed by atoms with Crippen LogP contribution in [0.5, 0.6) is 17.2 Å². The van der Waals surface area contributed by atoms with Gasteiger partial charge in [-0.1, -0.05) is 18.2 Å². The lowest BCUT2D eigenvalue weighted by Crippen LogP contribution is -2.38. The maximum atomic E-state index is 12.9. The molecule has 0 spiro atoms. The van der Waals surface area contributed by atoms with Crippen molar-refractivity contribution in [3.05, 3.63) is 66.1 Å². The molecule has 1 fully saturated rings. The molecule has 0 radical (unpaired) electrons. The second-order valence-electron chi connectivity index (χ2n) is 7.09. The summed E-state index contributed by atoms with van der Waals surface area (Å²) in [6.45, 7) is 1.25. The number of nitrogens with two attached hydrogens (primary N) is 1. The van der Waals surface area contributed by atoms with Crippen molar-refractivity contribution in [3.8, 4) is 17.2 Å². The summed E-state index contributed by atoms with van der Waals surface area (Å²) in [6.07, 6.45) is 3.16. The highest BCUT2D eigenvalue weighted by Gasteiger charge is 2.27. The van der Waals surface area contributed by atoms with Gasteiger partial charge in [-0.2, -0.15) is 5.10 Å². The maximum Gasteiger partial charge on any atom is 0.272 e. The van der Waals surface area contributed by atoms with E-state index in [1.165, 1.54) is 6.20 Å². The Balaban J connectivity index is 1.42. The van der Waals surface area contributed by atoms with Gasteiger partial charge < -0.3 is 20.1 Å². The zero-order valence-electron chi connectivity index (χ0n) is 16.7. The summed E-state index contributed by atoms with van der Waals surface area (Å²) in [7, 11) is 1.54. The van der Waals surface area contributed by atoms with Crippen molar-refractivity contribution >= 4 is 11.7 Å². The maximum absolute atomic E-state index is 12.9. The van der Waals surface area contributed by atoms with E-state index >= 15 is 0 Å². The van der Waals surface area contributed by atoms with Gasteiger partial charge >= 0.3 is 0 Å². The topological polar surface area (TPSA) is 103 Å². The molecule has 1 aliphatic heterocycles. The van der Waals surface area contributed by atoms with E-state index in [0.29, 0.717) is 41.8 Å².